The van der Waals surface area contributed by atoms with Crippen LogP contribution >= 0.6 is 22.9 Å². The molecule has 21 heavy (non-hydrogen) atoms. The number of halogens is 1. The molecule has 2 aromatic rings. The third-order valence-electron chi connectivity index (χ3n) is 4.18. The zero-order chi connectivity index (χ0) is 15.3. The van der Waals surface area contributed by atoms with E-state index in [0.717, 1.165) is 16.0 Å². The maximum Gasteiger partial charge on any atom is 0.507 e. The summed E-state index contributed by atoms with van der Waals surface area (Å²) >= 11 is 7.50. The Kier molecular flexibility index (Phi) is 3.65. The molecule has 0 saturated carbocycles. The molecule has 1 aliphatic heterocycles. The van der Waals surface area contributed by atoms with E-state index in [4.69, 9.17) is 20.9 Å². The number of rotatable bonds is 2. The number of thiazole rings is 1. The maximum absolute atomic E-state index is 6.12. The van der Waals surface area contributed by atoms with Gasteiger partial charge in [-0.1, -0.05) is 23.7 Å². The van der Waals surface area contributed by atoms with Gasteiger partial charge < -0.3 is 9.31 Å². The average Bonchev–Trinajstić information content (AvgIpc) is 2.94. The lowest BCUT2D eigenvalue weighted by Crippen LogP contribution is -2.41. The monoisotopic (exact) mass is 321 g/mol. The Labute approximate surface area is 134 Å². The molecule has 6 heteroatoms. The van der Waals surface area contributed by atoms with Gasteiger partial charge in [0.05, 0.1) is 27.2 Å². The highest BCUT2D eigenvalue weighted by molar-refractivity contribution is 7.21. The van der Waals surface area contributed by atoms with Gasteiger partial charge in [-0.05, 0) is 39.8 Å². The van der Waals surface area contributed by atoms with Gasteiger partial charge in [-0.15, -0.1) is 11.3 Å². The van der Waals surface area contributed by atoms with Crippen LogP contribution in [0.5, 0.6) is 0 Å². The van der Waals surface area contributed by atoms with Crippen LogP contribution in [-0.2, 0) is 9.31 Å². The number of benzene rings is 1. The standard InChI is InChI=1S/C15H17BClNO2S/c1-14(2)15(3,4)20-16(19-14)13-12(18-9-21-13)10-5-7-11(17)8-6-10/h5-9H,1-4H3. The van der Waals surface area contributed by atoms with Crippen LogP contribution in [0.3, 0.4) is 0 Å². The maximum atomic E-state index is 6.12. The molecule has 1 aromatic carbocycles. The summed E-state index contributed by atoms with van der Waals surface area (Å²) in [6.45, 7) is 8.21. The van der Waals surface area contributed by atoms with E-state index in [1.165, 1.54) is 0 Å². The van der Waals surface area contributed by atoms with Crippen molar-refractivity contribution in [2.24, 2.45) is 0 Å². The van der Waals surface area contributed by atoms with Crippen molar-refractivity contribution in [3.05, 3.63) is 34.8 Å². The third kappa shape index (κ3) is 2.64. The van der Waals surface area contributed by atoms with Crippen molar-refractivity contribution in [3.63, 3.8) is 0 Å². The minimum Gasteiger partial charge on any atom is -0.399 e. The van der Waals surface area contributed by atoms with E-state index in [9.17, 15) is 0 Å². The molecule has 110 valence electrons. The summed E-state index contributed by atoms with van der Waals surface area (Å²) in [6, 6.07) is 7.66. The normalized spacial score (nSPS) is 20.0. The van der Waals surface area contributed by atoms with Crippen LogP contribution in [0.15, 0.2) is 29.8 Å². The van der Waals surface area contributed by atoms with Crippen molar-refractivity contribution >= 4 is 34.8 Å². The van der Waals surface area contributed by atoms with Gasteiger partial charge in [-0.3, -0.25) is 0 Å². The van der Waals surface area contributed by atoms with Gasteiger partial charge in [0.25, 0.3) is 0 Å². The van der Waals surface area contributed by atoms with Crippen LogP contribution in [0.1, 0.15) is 27.7 Å². The SMILES string of the molecule is CC1(C)OB(c2scnc2-c2ccc(Cl)cc2)OC1(C)C. The molecule has 0 atom stereocenters. The number of hydrogen-bond acceptors (Lipinski definition) is 4. The van der Waals surface area contributed by atoms with E-state index in [1.807, 2.05) is 29.8 Å². The van der Waals surface area contributed by atoms with Crippen LogP contribution in [0.4, 0.5) is 0 Å². The van der Waals surface area contributed by atoms with E-state index >= 15 is 0 Å². The number of nitrogens with zero attached hydrogens (tertiary/aromatic N) is 1. The molecule has 0 radical (unpaired) electrons. The lowest BCUT2D eigenvalue weighted by molar-refractivity contribution is 0.00578. The zero-order valence-corrected chi connectivity index (χ0v) is 14.1. The van der Waals surface area contributed by atoms with Gasteiger partial charge in [-0.25, -0.2) is 4.98 Å². The molecule has 0 unspecified atom stereocenters. The first kappa shape index (κ1) is 15.0. The Hall–Kier alpha value is -0.875. The lowest BCUT2D eigenvalue weighted by Gasteiger charge is -2.32. The summed E-state index contributed by atoms with van der Waals surface area (Å²) in [6.07, 6.45) is 0. The van der Waals surface area contributed by atoms with Crippen LogP contribution in [0.25, 0.3) is 11.3 Å². The van der Waals surface area contributed by atoms with Gasteiger partial charge in [0, 0.05) is 10.6 Å². The Morgan fingerprint density at radius 1 is 1.05 bits per heavy atom. The summed E-state index contributed by atoms with van der Waals surface area (Å²) in [7, 11) is -0.381. The summed E-state index contributed by atoms with van der Waals surface area (Å²) in [5.74, 6) is 0. The molecule has 0 bridgehead atoms. The zero-order valence-electron chi connectivity index (χ0n) is 12.5. The first-order chi connectivity index (χ1) is 9.80. The van der Waals surface area contributed by atoms with Crippen LogP contribution in [0, 0.1) is 0 Å². The van der Waals surface area contributed by atoms with E-state index in [1.54, 1.807) is 11.3 Å². The molecule has 3 nitrogen and oxygen atoms in total. The predicted molar refractivity (Wildman–Crippen MR) is 88.3 cm³/mol. The first-order valence-electron chi connectivity index (χ1n) is 6.85. The van der Waals surface area contributed by atoms with Crippen LogP contribution in [0.2, 0.25) is 5.02 Å². The van der Waals surface area contributed by atoms with Gasteiger partial charge in [-0.2, -0.15) is 0 Å². The topological polar surface area (TPSA) is 31.4 Å². The molecule has 1 saturated heterocycles. The fraction of sp³-hybridized carbons (Fsp3) is 0.400. The second-order valence-electron chi connectivity index (χ2n) is 6.16. The minimum absolute atomic E-state index is 0.348. The predicted octanol–water partition coefficient (Wildman–Crippen LogP) is 3.76. The van der Waals surface area contributed by atoms with E-state index in [2.05, 4.69) is 32.7 Å². The highest BCUT2D eigenvalue weighted by Gasteiger charge is 2.53. The fourth-order valence-corrected chi connectivity index (χ4v) is 3.08. The van der Waals surface area contributed by atoms with Crippen LogP contribution < -0.4 is 4.78 Å². The second-order valence-corrected chi connectivity index (χ2v) is 7.48. The largest absolute Gasteiger partial charge is 0.507 e. The first-order valence-corrected chi connectivity index (χ1v) is 8.11. The van der Waals surface area contributed by atoms with Crippen molar-refractivity contribution < 1.29 is 9.31 Å². The molecule has 0 aliphatic carbocycles. The van der Waals surface area contributed by atoms with Crippen molar-refractivity contribution in [3.8, 4) is 11.3 Å². The average molecular weight is 322 g/mol. The Morgan fingerprint density at radius 2 is 1.62 bits per heavy atom. The van der Waals surface area contributed by atoms with Crippen LogP contribution in [-0.4, -0.2) is 23.3 Å². The van der Waals surface area contributed by atoms with Gasteiger partial charge in [0.2, 0.25) is 0 Å². The molecular weight excluding hydrogens is 305 g/mol. The Bertz CT molecular complexity index is 638. The smallest absolute Gasteiger partial charge is 0.399 e. The van der Waals surface area contributed by atoms with Crippen molar-refractivity contribution in [2.75, 3.05) is 0 Å². The summed E-state index contributed by atoms with van der Waals surface area (Å²) in [5.41, 5.74) is 3.04. The van der Waals surface area contributed by atoms with Gasteiger partial charge in [0.15, 0.2) is 0 Å². The van der Waals surface area contributed by atoms with E-state index < -0.39 is 0 Å². The molecule has 1 aliphatic rings. The molecular formula is C15H17BClNO2S. The molecule has 2 heterocycles. The van der Waals surface area contributed by atoms with Crippen molar-refractivity contribution in [1.29, 1.82) is 0 Å². The second kappa shape index (κ2) is 5.09. The number of aromatic nitrogens is 1. The minimum atomic E-state index is -0.381. The molecule has 1 fully saturated rings. The summed E-state index contributed by atoms with van der Waals surface area (Å²) in [4.78, 5) is 4.47. The fourth-order valence-electron chi connectivity index (χ4n) is 2.20. The third-order valence-corrected chi connectivity index (χ3v) is 5.28. The highest BCUT2D eigenvalue weighted by Crippen LogP contribution is 2.37. The lowest BCUT2D eigenvalue weighted by atomic mass is 9.84. The number of hydrogen-bond donors (Lipinski definition) is 0. The molecule has 0 spiro atoms. The summed E-state index contributed by atoms with van der Waals surface area (Å²) in [5, 5.41) is 0.714. The molecule has 3 rings (SSSR count). The van der Waals surface area contributed by atoms with Gasteiger partial charge >= 0.3 is 7.12 Å². The highest BCUT2D eigenvalue weighted by atomic mass is 35.5. The molecule has 1 aromatic heterocycles. The quantitative estimate of drug-likeness (QED) is 0.789. The van der Waals surface area contributed by atoms with Gasteiger partial charge in [0.1, 0.15) is 0 Å². The Morgan fingerprint density at radius 3 is 2.19 bits per heavy atom. The van der Waals surface area contributed by atoms with Crippen molar-refractivity contribution in [2.45, 2.75) is 38.9 Å². The Balaban J connectivity index is 1.96. The van der Waals surface area contributed by atoms with E-state index in [-0.39, 0.29) is 18.3 Å². The van der Waals surface area contributed by atoms with E-state index in [0.29, 0.717) is 5.02 Å². The molecule has 0 amide bonds. The van der Waals surface area contributed by atoms with Crippen molar-refractivity contribution in [1.82, 2.24) is 4.98 Å². The molecule has 0 N–H and O–H groups in total. The summed E-state index contributed by atoms with van der Waals surface area (Å²) < 4.78 is 13.2.